The van der Waals surface area contributed by atoms with Crippen LogP contribution in [0.5, 0.6) is 11.5 Å². The molecule has 0 saturated heterocycles. The first-order chi connectivity index (χ1) is 21.0. The van der Waals surface area contributed by atoms with Crippen molar-refractivity contribution in [1.82, 2.24) is 0 Å². The average Bonchev–Trinajstić information content (AvgIpc) is 2.95. The predicted octanol–water partition coefficient (Wildman–Crippen LogP) is 9.72. The highest BCUT2D eigenvalue weighted by Gasteiger charge is 2.34. The Morgan fingerprint density at radius 3 is 1.27 bits per heavy atom. The second-order valence-electron chi connectivity index (χ2n) is 8.89. The highest BCUT2D eigenvalue weighted by molar-refractivity contribution is 6.34. The van der Waals surface area contributed by atoms with Crippen molar-refractivity contribution in [3.8, 4) is 45.9 Å². The van der Waals surface area contributed by atoms with Crippen molar-refractivity contribution in [2.24, 2.45) is 0 Å². The zero-order valence-electron chi connectivity index (χ0n) is 21.6. The summed E-state index contributed by atoms with van der Waals surface area (Å²) in [4.78, 5) is 21.5. The van der Waals surface area contributed by atoms with Crippen LogP contribution in [0, 0.1) is 42.9 Å². The number of benzene rings is 4. The number of rotatable bonds is 6. The van der Waals surface area contributed by atoms with Crippen LogP contribution < -0.4 is 4.74 Å². The molecule has 4 aromatic carbocycles. The number of nitrogens with zero attached hydrogens (tertiary/aromatic N) is 4. The van der Waals surface area contributed by atoms with Gasteiger partial charge in [-0.2, -0.15) is 36.9 Å². The van der Waals surface area contributed by atoms with Gasteiger partial charge in [0, 0.05) is 33.3 Å². The van der Waals surface area contributed by atoms with Crippen molar-refractivity contribution in [1.29, 1.82) is 10.5 Å². The smallest absolute Gasteiger partial charge is 0.416 e. The molecule has 0 bridgehead atoms. The summed E-state index contributed by atoms with van der Waals surface area (Å²) in [5.41, 5.74) is -6.92. The second kappa shape index (κ2) is 12.0. The van der Waals surface area contributed by atoms with Crippen LogP contribution in [0.1, 0.15) is 22.3 Å². The van der Waals surface area contributed by atoms with Crippen molar-refractivity contribution in [3.05, 3.63) is 113 Å². The zero-order chi connectivity index (χ0) is 33.4. The third-order valence-electron chi connectivity index (χ3n) is 6.26. The zero-order valence-corrected chi connectivity index (χ0v) is 23.1. The molecule has 0 aliphatic carbocycles. The molecule has 0 aliphatic heterocycles. The fraction of sp³-hybridized carbons (Fsp3) is 0.0714. The highest BCUT2D eigenvalue weighted by Crippen LogP contribution is 2.48. The lowest BCUT2D eigenvalue weighted by atomic mass is 9.95. The Labute approximate surface area is 257 Å². The quantitative estimate of drug-likeness (QED) is 0.113. The summed E-state index contributed by atoms with van der Waals surface area (Å²) in [5, 5.41) is 41.9. The topological polar surface area (TPSA) is 143 Å². The van der Waals surface area contributed by atoms with Crippen molar-refractivity contribution in [2.45, 2.75) is 12.4 Å². The molecule has 4 rings (SSSR count). The molecule has 0 N–H and O–H groups in total. The monoisotopic (exact) mass is 666 g/mol. The van der Waals surface area contributed by atoms with Gasteiger partial charge in [0.15, 0.2) is 0 Å². The minimum atomic E-state index is -4.83. The van der Waals surface area contributed by atoms with Crippen LogP contribution in [0.4, 0.5) is 37.7 Å². The molecule has 0 fully saturated rings. The molecule has 45 heavy (non-hydrogen) atoms. The Balaban J connectivity index is 2.05. The van der Waals surface area contributed by atoms with E-state index in [9.17, 15) is 57.1 Å². The lowest BCUT2D eigenvalue weighted by Gasteiger charge is -2.18. The number of halogens is 8. The van der Waals surface area contributed by atoms with E-state index in [-0.39, 0.29) is 11.1 Å². The fourth-order valence-corrected chi connectivity index (χ4v) is 4.84. The summed E-state index contributed by atoms with van der Waals surface area (Å²) >= 11 is 12.3. The Kier molecular flexibility index (Phi) is 8.64. The van der Waals surface area contributed by atoms with E-state index >= 15 is 0 Å². The predicted molar refractivity (Wildman–Crippen MR) is 147 cm³/mol. The third kappa shape index (κ3) is 6.31. The molecule has 0 atom stereocenters. The van der Waals surface area contributed by atoms with E-state index in [1.165, 1.54) is 0 Å². The maximum atomic E-state index is 13.3. The van der Waals surface area contributed by atoms with Crippen LogP contribution in [0.15, 0.2) is 60.7 Å². The van der Waals surface area contributed by atoms with Gasteiger partial charge in [-0.05, 0) is 36.4 Å². The molecule has 0 aromatic heterocycles. The first kappa shape index (κ1) is 32.5. The van der Waals surface area contributed by atoms with Gasteiger partial charge in [-0.1, -0.05) is 35.3 Å². The largest absolute Gasteiger partial charge is 0.456 e. The first-order valence-corrected chi connectivity index (χ1v) is 12.6. The molecule has 0 unspecified atom stereocenters. The summed E-state index contributed by atoms with van der Waals surface area (Å²) in [5.74, 6) is -0.915. The SMILES string of the molecule is N#Cc1c([N+](=O)[O-])ccc(Oc2ccc([N+](=O)[O-])c(C#N)c2-c2ccc(C(F)(F)F)cc2Cl)c1-c1ccc(C(F)(F)F)cc1Cl. The van der Waals surface area contributed by atoms with Gasteiger partial charge in [0.1, 0.15) is 34.8 Å². The average molecular weight is 667 g/mol. The Hall–Kier alpha value is -5.38. The summed E-state index contributed by atoms with van der Waals surface area (Å²) in [6.07, 6.45) is -9.66. The molecule has 9 nitrogen and oxygen atoms in total. The van der Waals surface area contributed by atoms with Gasteiger partial charge in [0.25, 0.3) is 11.4 Å². The molecule has 17 heteroatoms. The van der Waals surface area contributed by atoms with Crippen LogP contribution in [0.25, 0.3) is 22.3 Å². The lowest BCUT2D eigenvalue weighted by Crippen LogP contribution is -2.05. The lowest BCUT2D eigenvalue weighted by molar-refractivity contribution is -0.385. The van der Waals surface area contributed by atoms with Crippen LogP contribution in [0.2, 0.25) is 10.0 Å². The van der Waals surface area contributed by atoms with Crippen LogP contribution in [-0.2, 0) is 12.4 Å². The first-order valence-electron chi connectivity index (χ1n) is 11.8. The highest BCUT2D eigenvalue weighted by atomic mass is 35.5. The number of nitriles is 2. The van der Waals surface area contributed by atoms with Gasteiger partial charge in [-0.3, -0.25) is 20.2 Å². The standard InChI is InChI=1S/C28H10Cl2F6N4O5/c29-19-9-13(27(31,32)33)1-3-15(19)25-17(11-37)21(39(41)42)5-7-23(25)45-24-8-6-22(40(43)44)18(12-38)26(24)16-4-2-14(10-20(16)30)28(34,35)36/h1-10H. The molecule has 0 aliphatic rings. The minimum Gasteiger partial charge on any atom is -0.456 e. The van der Waals surface area contributed by atoms with Crippen molar-refractivity contribution < 1.29 is 40.9 Å². The van der Waals surface area contributed by atoms with Crippen molar-refractivity contribution >= 4 is 34.6 Å². The molecule has 0 saturated carbocycles. The molecular weight excluding hydrogens is 657 g/mol. The number of hydrogen-bond donors (Lipinski definition) is 0. The Morgan fingerprint density at radius 2 is 1.00 bits per heavy atom. The fourth-order valence-electron chi connectivity index (χ4n) is 4.29. The van der Waals surface area contributed by atoms with Crippen LogP contribution in [0.3, 0.4) is 0 Å². The Morgan fingerprint density at radius 1 is 0.644 bits per heavy atom. The molecule has 228 valence electrons. The number of nitro benzene ring substituents is 2. The van der Waals surface area contributed by atoms with E-state index in [1.807, 2.05) is 0 Å². The van der Waals surface area contributed by atoms with E-state index in [1.54, 1.807) is 12.1 Å². The molecule has 0 heterocycles. The number of alkyl halides is 6. The normalized spacial score (nSPS) is 11.4. The van der Waals surface area contributed by atoms with Gasteiger partial charge in [-0.25, -0.2) is 0 Å². The van der Waals surface area contributed by atoms with Crippen molar-refractivity contribution in [3.63, 3.8) is 0 Å². The Bertz CT molecular complexity index is 1840. The maximum absolute atomic E-state index is 13.3. The number of hydrogen-bond acceptors (Lipinski definition) is 7. The number of nitro groups is 2. The molecule has 0 spiro atoms. The molecule has 0 amide bonds. The van der Waals surface area contributed by atoms with Crippen molar-refractivity contribution in [2.75, 3.05) is 0 Å². The molecular formula is C28H10Cl2F6N4O5. The van der Waals surface area contributed by atoms with Gasteiger partial charge < -0.3 is 4.74 Å². The van der Waals surface area contributed by atoms with Gasteiger partial charge in [0.2, 0.25) is 0 Å². The third-order valence-corrected chi connectivity index (χ3v) is 6.88. The van der Waals surface area contributed by atoms with Crippen LogP contribution in [-0.4, -0.2) is 9.85 Å². The summed E-state index contributed by atoms with van der Waals surface area (Å²) in [6, 6.07) is 10.6. The summed E-state index contributed by atoms with van der Waals surface area (Å²) in [7, 11) is 0. The molecule has 0 radical (unpaired) electrons. The second-order valence-corrected chi connectivity index (χ2v) is 9.70. The minimum absolute atomic E-state index is 0.323. The molecule has 4 aromatic rings. The summed E-state index contributed by atoms with van der Waals surface area (Å²) in [6.45, 7) is 0. The number of ether oxygens (including phenoxy) is 1. The van der Waals surface area contributed by atoms with Gasteiger partial charge in [0.05, 0.1) is 32.1 Å². The van der Waals surface area contributed by atoms with Crippen LogP contribution >= 0.6 is 23.2 Å². The van der Waals surface area contributed by atoms with E-state index in [0.29, 0.717) is 24.3 Å². The van der Waals surface area contributed by atoms with E-state index in [2.05, 4.69) is 0 Å². The van der Waals surface area contributed by atoms with E-state index in [0.717, 1.165) is 36.4 Å². The summed E-state index contributed by atoms with van der Waals surface area (Å²) < 4.78 is 85.7. The van der Waals surface area contributed by atoms with E-state index < -0.39 is 88.5 Å². The van der Waals surface area contributed by atoms with Gasteiger partial charge >= 0.3 is 12.4 Å². The van der Waals surface area contributed by atoms with Gasteiger partial charge in [-0.15, -0.1) is 0 Å². The maximum Gasteiger partial charge on any atom is 0.416 e. The van der Waals surface area contributed by atoms with E-state index in [4.69, 9.17) is 27.9 Å².